The molecule has 7 heteroatoms. The summed E-state index contributed by atoms with van der Waals surface area (Å²) < 4.78 is 34.1. The first-order valence-electron chi connectivity index (χ1n) is 10.1. The van der Waals surface area contributed by atoms with Gasteiger partial charge in [0.15, 0.2) is 11.6 Å². The van der Waals surface area contributed by atoms with Crippen molar-refractivity contribution in [1.82, 2.24) is 0 Å². The van der Waals surface area contributed by atoms with Gasteiger partial charge in [-0.15, -0.1) is 0 Å². The highest BCUT2D eigenvalue weighted by molar-refractivity contribution is 5.85. The molecule has 3 aromatic rings. The van der Waals surface area contributed by atoms with Gasteiger partial charge in [-0.05, 0) is 34.4 Å². The predicted octanol–water partition coefficient (Wildman–Crippen LogP) is 4.51. The van der Waals surface area contributed by atoms with Crippen molar-refractivity contribution >= 4 is 17.5 Å². The third-order valence-electron chi connectivity index (χ3n) is 5.79. The number of fused-ring (bicyclic) bond motifs is 3. The van der Waals surface area contributed by atoms with Crippen molar-refractivity contribution in [3.05, 3.63) is 83.4 Å². The molecule has 0 unspecified atom stereocenters. The molecule has 1 saturated heterocycles. The van der Waals surface area contributed by atoms with Crippen molar-refractivity contribution in [2.75, 3.05) is 29.9 Å². The predicted molar refractivity (Wildman–Crippen MR) is 113 cm³/mol. The molecule has 3 aromatic carbocycles. The van der Waals surface area contributed by atoms with Crippen LogP contribution >= 0.6 is 0 Å². The van der Waals surface area contributed by atoms with E-state index < -0.39 is 23.8 Å². The summed E-state index contributed by atoms with van der Waals surface area (Å²) in [6.07, 6.45) is -1.37. The maximum Gasteiger partial charge on any atom is 0.411 e. The van der Waals surface area contributed by atoms with E-state index in [-0.39, 0.29) is 37.0 Å². The third kappa shape index (κ3) is 3.51. The minimum Gasteiger partial charge on any atom is -0.448 e. The number of aliphatic hydroxyl groups excluding tert-OH is 1. The largest absolute Gasteiger partial charge is 0.448 e. The molecule has 0 spiro atoms. The van der Waals surface area contributed by atoms with Gasteiger partial charge in [0.25, 0.3) is 0 Å². The van der Waals surface area contributed by atoms with Crippen LogP contribution in [-0.4, -0.2) is 37.0 Å². The number of benzene rings is 3. The van der Waals surface area contributed by atoms with Crippen LogP contribution in [0.3, 0.4) is 0 Å². The molecule has 1 heterocycles. The first-order valence-corrected chi connectivity index (χ1v) is 10.1. The molecule has 0 bridgehead atoms. The van der Waals surface area contributed by atoms with Crippen molar-refractivity contribution in [1.29, 1.82) is 0 Å². The van der Waals surface area contributed by atoms with Crippen LogP contribution in [0.15, 0.2) is 60.7 Å². The Labute approximate surface area is 177 Å². The average molecular weight is 422 g/mol. The normalized spacial score (nSPS) is 15.3. The van der Waals surface area contributed by atoms with Crippen molar-refractivity contribution in [2.24, 2.45) is 0 Å². The van der Waals surface area contributed by atoms with Crippen molar-refractivity contribution in [2.45, 2.75) is 12.0 Å². The fourth-order valence-corrected chi connectivity index (χ4v) is 4.33. The van der Waals surface area contributed by atoms with Gasteiger partial charge in [0.2, 0.25) is 0 Å². The molecule has 2 aliphatic rings. The van der Waals surface area contributed by atoms with Gasteiger partial charge in [-0.1, -0.05) is 48.5 Å². The highest BCUT2D eigenvalue weighted by atomic mass is 19.1. The van der Waals surface area contributed by atoms with Crippen molar-refractivity contribution < 1.29 is 23.4 Å². The summed E-state index contributed by atoms with van der Waals surface area (Å²) in [5, 5.41) is 11.7. The van der Waals surface area contributed by atoms with E-state index in [4.69, 9.17) is 4.74 Å². The van der Waals surface area contributed by atoms with Gasteiger partial charge in [-0.2, -0.15) is 0 Å². The number of amides is 1. The minimum absolute atomic E-state index is 0.0305. The fourth-order valence-electron chi connectivity index (χ4n) is 4.33. The molecule has 0 radical (unpaired) electrons. The number of β-amino-alcohol motifs (C(OH)–C–C–N with tert-alkyl or cyclic N) is 1. The molecule has 1 amide bonds. The van der Waals surface area contributed by atoms with Crippen molar-refractivity contribution in [3.63, 3.8) is 0 Å². The molecule has 2 N–H and O–H groups in total. The summed E-state index contributed by atoms with van der Waals surface area (Å²) >= 11 is 0. The maximum absolute atomic E-state index is 14.4. The molecule has 0 atom stereocenters. The van der Waals surface area contributed by atoms with Gasteiger partial charge < -0.3 is 14.7 Å². The van der Waals surface area contributed by atoms with E-state index in [1.807, 2.05) is 48.5 Å². The Balaban J connectivity index is 1.28. The Morgan fingerprint density at radius 2 is 1.55 bits per heavy atom. The lowest BCUT2D eigenvalue weighted by Crippen LogP contribution is -2.51. The third-order valence-corrected chi connectivity index (χ3v) is 5.79. The number of aliphatic hydroxyl groups is 1. The van der Waals surface area contributed by atoms with Gasteiger partial charge in [0, 0.05) is 24.7 Å². The SMILES string of the molecule is O=C(Nc1cc(F)c(N2CC(O)C2)c(F)c1)OCC1c2ccccc2-c2ccccc21. The summed E-state index contributed by atoms with van der Waals surface area (Å²) in [5.41, 5.74) is 4.15. The lowest BCUT2D eigenvalue weighted by Gasteiger charge is -2.38. The summed E-state index contributed by atoms with van der Waals surface area (Å²) in [5.74, 6) is -1.71. The number of hydrogen-bond donors (Lipinski definition) is 2. The van der Waals surface area contributed by atoms with Crippen molar-refractivity contribution in [3.8, 4) is 11.1 Å². The van der Waals surface area contributed by atoms with Crippen LogP contribution in [0.4, 0.5) is 25.0 Å². The van der Waals surface area contributed by atoms with Crippen LogP contribution in [0.1, 0.15) is 17.0 Å². The number of carbonyl (C=O) groups is 1. The van der Waals surface area contributed by atoms with Gasteiger partial charge in [-0.3, -0.25) is 5.32 Å². The van der Waals surface area contributed by atoms with Gasteiger partial charge in [0.1, 0.15) is 12.3 Å². The fraction of sp³-hybridized carbons (Fsp3) is 0.208. The quantitative estimate of drug-likeness (QED) is 0.650. The number of rotatable bonds is 4. The Bertz CT molecular complexity index is 1090. The highest BCUT2D eigenvalue weighted by Gasteiger charge is 2.30. The zero-order valence-corrected chi connectivity index (χ0v) is 16.5. The van der Waals surface area contributed by atoms with Crippen LogP contribution in [0.25, 0.3) is 11.1 Å². The zero-order valence-electron chi connectivity index (χ0n) is 16.5. The minimum atomic E-state index is -0.805. The standard InChI is InChI=1S/C24H20F2N2O3/c25-21-9-14(10-22(26)23(21)28-11-15(29)12-28)27-24(30)31-13-20-18-7-3-1-5-16(18)17-6-2-4-8-19(17)20/h1-10,15,20,29H,11-13H2,(H,27,30). The number of halogens is 2. The second kappa shape index (κ2) is 7.67. The molecular weight excluding hydrogens is 402 g/mol. The van der Waals surface area contributed by atoms with Crippen LogP contribution in [0.5, 0.6) is 0 Å². The zero-order chi connectivity index (χ0) is 21.5. The lowest BCUT2D eigenvalue weighted by molar-refractivity contribution is 0.140. The van der Waals surface area contributed by atoms with Crippen LogP contribution < -0.4 is 10.2 Å². The average Bonchev–Trinajstić information content (AvgIpc) is 3.04. The molecule has 0 saturated carbocycles. The highest BCUT2D eigenvalue weighted by Crippen LogP contribution is 2.44. The van der Waals surface area contributed by atoms with E-state index >= 15 is 0 Å². The molecule has 5 rings (SSSR count). The summed E-state index contributed by atoms with van der Waals surface area (Å²) in [4.78, 5) is 13.7. The van der Waals surface area contributed by atoms with E-state index in [0.29, 0.717) is 0 Å². The molecule has 1 aliphatic heterocycles. The topological polar surface area (TPSA) is 61.8 Å². The van der Waals surface area contributed by atoms with E-state index in [0.717, 1.165) is 34.4 Å². The van der Waals surface area contributed by atoms with Crippen LogP contribution in [0, 0.1) is 11.6 Å². The van der Waals surface area contributed by atoms with Crippen LogP contribution in [-0.2, 0) is 4.74 Å². The molecule has 1 fully saturated rings. The Hall–Kier alpha value is -3.45. The molecule has 1 aliphatic carbocycles. The van der Waals surface area contributed by atoms with Crippen LogP contribution in [0.2, 0.25) is 0 Å². The number of carbonyl (C=O) groups excluding carboxylic acids is 1. The first-order chi connectivity index (χ1) is 15.0. The second-order valence-corrected chi connectivity index (χ2v) is 7.80. The first kappa shape index (κ1) is 19.5. The monoisotopic (exact) mass is 422 g/mol. The second-order valence-electron chi connectivity index (χ2n) is 7.80. The van der Waals surface area contributed by atoms with E-state index in [9.17, 15) is 18.7 Å². The Morgan fingerprint density at radius 3 is 2.10 bits per heavy atom. The number of nitrogens with one attached hydrogen (secondary N) is 1. The van der Waals surface area contributed by atoms with Gasteiger partial charge in [-0.25, -0.2) is 13.6 Å². The lowest BCUT2D eigenvalue weighted by atomic mass is 9.98. The summed E-state index contributed by atoms with van der Waals surface area (Å²) in [6, 6.07) is 18.0. The van der Waals surface area contributed by atoms with E-state index in [2.05, 4.69) is 5.32 Å². The smallest absolute Gasteiger partial charge is 0.411 e. The van der Waals surface area contributed by atoms with E-state index in [1.54, 1.807) is 0 Å². The molecule has 31 heavy (non-hydrogen) atoms. The number of hydrogen-bond acceptors (Lipinski definition) is 4. The molecular formula is C24H20F2N2O3. The summed E-state index contributed by atoms with van der Waals surface area (Å²) in [7, 11) is 0. The Kier molecular flexibility index (Phi) is 4.82. The molecule has 158 valence electrons. The Morgan fingerprint density at radius 1 is 1.00 bits per heavy atom. The number of anilines is 2. The molecule has 5 nitrogen and oxygen atoms in total. The molecule has 0 aromatic heterocycles. The van der Waals surface area contributed by atoms with Gasteiger partial charge in [0.05, 0.1) is 6.10 Å². The van der Waals surface area contributed by atoms with Gasteiger partial charge >= 0.3 is 6.09 Å². The maximum atomic E-state index is 14.4. The van der Waals surface area contributed by atoms with E-state index in [1.165, 1.54) is 4.90 Å². The number of ether oxygens (including phenoxy) is 1. The summed E-state index contributed by atoms with van der Waals surface area (Å²) in [6.45, 7) is 0.453. The number of nitrogens with zero attached hydrogens (tertiary/aromatic N) is 1.